The SMILES string of the molecule is C=NC(C)C(C)/C=C\C=C/CC. The van der Waals surface area contributed by atoms with E-state index >= 15 is 0 Å². The smallest absolute Gasteiger partial charge is 0.0524 e. The molecular formula is C11H19N. The van der Waals surface area contributed by atoms with Gasteiger partial charge in [-0.25, -0.2) is 0 Å². The van der Waals surface area contributed by atoms with Crippen LogP contribution in [0.1, 0.15) is 27.2 Å². The summed E-state index contributed by atoms with van der Waals surface area (Å²) in [6.45, 7) is 9.87. The number of hydrogen-bond donors (Lipinski definition) is 0. The first kappa shape index (κ1) is 11.2. The predicted octanol–water partition coefficient (Wildman–Crippen LogP) is 3.23. The third-order valence-electron chi connectivity index (χ3n) is 1.95. The second-order valence-electron chi connectivity index (χ2n) is 3.00. The molecule has 0 N–H and O–H groups in total. The van der Waals surface area contributed by atoms with Crippen molar-refractivity contribution in [2.75, 3.05) is 0 Å². The molecule has 2 unspecified atom stereocenters. The molecule has 0 saturated carbocycles. The van der Waals surface area contributed by atoms with Crippen LogP contribution in [0.3, 0.4) is 0 Å². The Morgan fingerprint density at radius 1 is 1.33 bits per heavy atom. The lowest BCUT2D eigenvalue weighted by molar-refractivity contribution is 0.588. The van der Waals surface area contributed by atoms with Gasteiger partial charge < -0.3 is 0 Å². The highest BCUT2D eigenvalue weighted by Gasteiger charge is 2.03. The van der Waals surface area contributed by atoms with E-state index in [9.17, 15) is 0 Å². The zero-order chi connectivity index (χ0) is 9.40. The van der Waals surface area contributed by atoms with Gasteiger partial charge in [0, 0.05) is 0 Å². The zero-order valence-electron chi connectivity index (χ0n) is 8.33. The summed E-state index contributed by atoms with van der Waals surface area (Å²) >= 11 is 0. The van der Waals surface area contributed by atoms with Crippen molar-refractivity contribution in [2.24, 2.45) is 10.9 Å². The lowest BCUT2D eigenvalue weighted by Crippen LogP contribution is -2.07. The maximum Gasteiger partial charge on any atom is 0.0524 e. The molecule has 68 valence electrons. The summed E-state index contributed by atoms with van der Waals surface area (Å²) in [5, 5.41) is 0. The van der Waals surface area contributed by atoms with Gasteiger partial charge in [-0.1, -0.05) is 38.2 Å². The van der Waals surface area contributed by atoms with Crippen LogP contribution in [-0.2, 0) is 0 Å². The Morgan fingerprint density at radius 3 is 2.50 bits per heavy atom. The van der Waals surface area contributed by atoms with Crippen molar-refractivity contribution in [1.29, 1.82) is 0 Å². The number of aliphatic imine (C=N–C) groups is 1. The highest BCUT2D eigenvalue weighted by Crippen LogP contribution is 2.07. The zero-order valence-corrected chi connectivity index (χ0v) is 8.33. The minimum Gasteiger partial charge on any atom is -0.297 e. The Hall–Kier alpha value is -0.850. The van der Waals surface area contributed by atoms with Crippen LogP contribution in [0.25, 0.3) is 0 Å². The molecule has 0 amide bonds. The first-order valence-electron chi connectivity index (χ1n) is 4.51. The molecule has 0 aliphatic rings. The maximum atomic E-state index is 3.96. The van der Waals surface area contributed by atoms with Gasteiger partial charge in [0.15, 0.2) is 0 Å². The van der Waals surface area contributed by atoms with Gasteiger partial charge in [-0.05, 0) is 26.0 Å². The van der Waals surface area contributed by atoms with Gasteiger partial charge in [0.25, 0.3) is 0 Å². The molecule has 12 heavy (non-hydrogen) atoms. The van der Waals surface area contributed by atoms with Crippen molar-refractivity contribution in [3.05, 3.63) is 24.3 Å². The van der Waals surface area contributed by atoms with E-state index < -0.39 is 0 Å². The van der Waals surface area contributed by atoms with Crippen LogP contribution < -0.4 is 0 Å². The normalized spacial score (nSPS) is 16.9. The fraction of sp³-hybridized carbons (Fsp3) is 0.545. The van der Waals surface area contributed by atoms with Gasteiger partial charge in [0.2, 0.25) is 0 Å². The molecule has 0 fully saturated rings. The van der Waals surface area contributed by atoms with Gasteiger partial charge >= 0.3 is 0 Å². The van der Waals surface area contributed by atoms with E-state index in [1.165, 1.54) is 0 Å². The lowest BCUT2D eigenvalue weighted by atomic mass is 10.0. The summed E-state index contributed by atoms with van der Waals surface area (Å²) in [5.41, 5.74) is 0. The quantitative estimate of drug-likeness (QED) is 0.438. The van der Waals surface area contributed by atoms with Crippen LogP contribution in [0.2, 0.25) is 0 Å². The van der Waals surface area contributed by atoms with Gasteiger partial charge in [-0.2, -0.15) is 0 Å². The third kappa shape index (κ3) is 4.89. The Kier molecular flexibility index (Phi) is 6.35. The molecule has 0 bridgehead atoms. The van der Waals surface area contributed by atoms with Crippen molar-refractivity contribution in [2.45, 2.75) is 33.2 Å². The van der Waals surface area contributed by atoms with Crippen molar-refractivity contribution in [3.8, 4) is 0 Å². The Balaban J connectivity index is 3.81. The van der Waals surface area contributed by atoms with Crippen molar-refractivity contribution < 1.29 is 0 Å². The fourth-order valence-corrected chi connectivity index (χ4v) is 0.781. The molecule has 0 aromatic rings. The Bertz CT molecular complexity index is 168. The van der Waals surface area contributed by atoms with Crippen LogP contribution in [0.15, 0.2) is 29.3 Å². The van der Waals surface area contributed by atoms with Crippen LogP contribution in [-0.4, -0.2) is 12.8 Å². The van der Waals surface area contributed by atoms with E-state index in [1.54, 1.807) is 0 Å². The van der Waals surface area contributed by atoms with Crippen molar-refractivity contribution in [1.82, 2.24) is 0 Å². The summed E-state index contributed by atoms with van der Waals surface area (Å²) in [6.07, 6.45) is 9.54. The number of rotatable bonds is 5. The molecule has 0 spiro atoms. The topological polar surface area (TPSA) is 12.4 Å². The standard InChI is InChI=1S/C11H19N/c1-5-6-7-8-9-10(2)11(3)12-4/h6-11H,4-5H2,1-3H3/b7-6-,9-8-. The molecule has 1 nitrogen and oxygen atoms in total. The monoisotopic (exact) mass is 165 g/mol. The largest absolute Gasteiger partial charge is 0.297 e. The Labute approximate surface area is 75.9 Å². The summed E-state index contributed by atoms with van der Waals surface area (Å²) in [6, 6.07) is 0.316. The van der Waals surface area contributed by atoms with E-state index in [-0.39, 0.29) is 0 Å². The number of allylic oxidation sites excluding steroid dienone is 3. The summed E-state index contributed by atoms with van der Waals surface area (Å²) in [7, 11) is 0. The average Bonchev–Trinajstić information content (AvgIpc) is 2.10. The third-order valence-corrected chi connectivity index (χ3v) is 1.95. The van der Waals surface area contributed by atoms with Crippen molar-refractivity contribution in [3.63, 3.8) is 0 Å². The average molecular weight is 165 g/mol. The van der Waals surface area contributed by atoms with Crippen LogP contribution in [0, 0.1) is 5.92 Å². The molecule has 0 aromatic carbocycles. The van der Waals surface area contributed by atoms with Crippen LogP contribution in [0.4, 0.5) is 0 Å². The molecular weight excluding hydrogens is 146 g/mol. The minimum atomic E-state index is 0.316. The first-order chi connectivity index (χ1) is 5.72. The Morgan fingerprint density at radius 2 is 2.00 bits per heavy atom. The van der Waals surface area contributed by atoms with Gasteiger partial charge in [-0.3, -0.25) is 4.99 Å². The van der Waals surface area contributed by atoms with E-state index in [0.29, 0.717) is 12.0 Å². The predicted molar refractivity (Wildman–Crippen MR) is 56.7 cm³/mol. The summed E-state index contributed by atoms with van der Waals surface area (Å²) in [4.78, 5) is 3.96. The second kappa shape index (κ2) is 6.84. The van der Waals surface area contributed by atoms with E-state index in [4.69, 9.17) is 0 Å². The number of nitrogens with zero attached hydrogens (tertiary/aromatic N) is 1. The second-order valence-corrected chi connectivity index (χ2v) is 3.00. The molecule has 2 atom stereocenters. The minimum absolute atomic E-state index is 0.316. The first-order valence-corrected chi connectivity index (χ1v) is 4.51. The molecule has 0 aromatic heterocycles. The van der Waals surface area contributed by atoms with Gasteiger partial charge in [-0.15, -0.1) is 0 Å². The fourth-order valence-electron chi connectivity index (χ4n) is 0.781. The van der Waals surface area contributed by atoms with Crippen LogP contribution in [0.5, 0.6) is 0 Å². The highest BCUT2D eigenvalue weighted by molar-refractivity contribution is 5.24. The summed E-state index contributed by atoms with van der Waals surface area (Å²) in [5.74, 6) is 0.476. The maximum absolute atomic E-state index is 3.96. The van der Waals surface area contributed by atoms with Crippen LogP contribution >= 0.6 is 0 Å². The van der Waals surface area contributed by atoms with E-state index in [1.807, 2.05) is 0 Å². The highest BCUT2D eigenvalue weighted by atomic mass is 14.7. The molecule has 0 aliphatic carbocycles. The molecule has 0 rings (SSSR count). The molecule has 0 heterocycles. The van der Waals surface area contributed by atoms with Crippen molar-refractivity contribution >= 4 is 6.72 Å². The molecule has 1 heteroatoms. The molecule has 0 saturated heterocycles. The lowest BCUT2D eigenvalue weighted by Gasteiger charge is -2.09. The molecule has 0 aliphatic heterocycles. The summed E-state index contributed by atoms with van der Waals surface area (Å²) < 4.78 is 0. The van der Waals surface area contributed by atoms with Gasteiger partial charge in [0.05, 0.1) is 6.04 Å². The molecule has 0 radical (unpaired) electrons. The van der Waals surface area contributed by atoms with E-state index in [2.05, 4.69) is 56.8 Å². The number of hydrogen-bond acceptors (Lipinski definition) is 1. The van der Waals surface area contributed by atoms with E-state index in [0.717, 1.165) is 6.42 Å². The van der Waals surface area contributed by atoms with Gasteiger partial charge in [0.1, 0.15) is 0 Å².